The molecule has 22 heavy (non-hydrogen) atoms. The van der Waals surface area contributed by atoms with E-state index in [2.05, 4.69) is 28.2 Å². The van der Waals surface area contributed by atoms with Crippen LogP contribution in [0.2, 0.25) is 0 Å². The van der Waals surface area contributed by atoms with Gasteiger partial charge in [-0.05, 0) is 37.5 Å². The number of rotatable bonds is 5. The summed E-state index contributed by atoms with van der Waals surface area (Å²) in [6.45, 7) is 5.16. The molecule has 2 rings (SSSR count). The van der Waals surface area contributed by atoms with Gasteiger partial charge in [-0.1, -0.05) is 12.1 Å². The number of nitrogens with zero attached hydrogens (tertiary/aromatic N) is 2. The van der Waals surface area contributed by atoms with Crippen molar-refractivity contribution in [3.05, 3.63) is 29.8 Å². The monoisotopic (exact) mass is 419 g/mol. The first-order valence-corrected chi connectivity index (χ1v) is 7.57. The number of hydrogen-bond acceptors (Lipinski definition) is 3. The molecule has 1 aromatic rings. The van der Waals surface area contributed by atoms with Gasteiger partial charge in [-0.3, -0.25) is 4.99 Å². The Morgan fingerprint density at radius 2 is 2.32 bits per heavy atom. The lowest BCUT2D eigenvalue weighted by molar-refractivity contribution is 0.188. The van der Waals surface area contributed by atoms with Crippen molar-refractivity contribution in [1.82, 2.24) is 10.2 Å². The van der Waals surface area contributed by atoms with Crippen LogP contribution in [-0.2, 0) is 6.42 Å². The fourth-order valence-electron chi connectivity index (χ4n) is 2.48. The van der Waals surface area contributed by atoms with E-state index in [1.807, 2.05) is 18.2 Å². The summed E-state index contributed by atoms with van der Waals surface area (Å²) >= 11 is 0. The standard InChI is InChI=1S/C16H25N3O2.HI/c1-3-17-16(19-10-8-14(20)12-19)18-9-7-13-5-4-6-15(11-13)21-2;/h4-6,11,14,20H,3,7-10,12H2,1-2H3,(H,17,18);1H/t14-;/m1./s1. The number of hydrogen-bond donors (Lipinski definition) is 2. The van der Waals surface area contributed by atoms with Crippen LogP contribution in [0.5, 0.6) is 5.75 Å². The molecule has 0 spiro atoms. The normalized spacial score (nSPS) is 18.0. The Kier molecular flexibility index (Phi) is 8.55. The van der Waals surface area contributed by atoms with Gasteiger partial charge in [0.15, 0.2) is 5.96 Å². The Bertz CT molecular complexity index is 482. The molecule has 5 nitrogen and oxygen atoms in total. The summed E-state index contributed by atoms with van der Waals surface area (Å²) in [5.41, 5.74) is 1.22. The summed E-state index contributed by atoms with van der Waals surface area (Å²) < 4.78 is 5.23. The second kappa shape index (κ2) is 9.89. The van der Waals surface area contributed by atoms with Gasteiger partial charge in [-0.15, -0.1) is 24.0 Å². The molecular formula is C16H26IN3O2. The first-order chi connectivity index (χ1) is 10.2. The van der Waals surface area contributed by atoms with Gasteiger partial charge in [0, 0.05) is 26.2 Å². The highest BCUT2D eigenvalue weighted by Crippen LogP contribution is 2.13. The summed E-state index contributed by atoms with van der Waals surface area (Å²) in [5.74, 6) is 1.78. The maximum absolute atomic E-state index is 9.64. The van der Waals surface area contributed by atoms with Crippen molar-refractivity contribution >= 4 is 29.9 Å². The fraction of sp³-hybridized carbons (Fsp3) is 0.562. The molecule has 1 aromatic carbocycles. The van der Waals surface area contributed by atoms with Gasteiger partial charge in [0.25, 0.3) is 0 Å². The number of aliphatic imine (C=N–C) groups is 1. The molecule has 1 aliphatic heterocycles. The van der Waals surface area contributed by atoms with E-state index in [1.165, 1.54) is 5.56 Å². The van der Waals surface area contributed by atoms with Gasteiger partial charge >= 0.3 is 0 Å². The van der Waals surface area contributed by atoms with Crippen molar-refractivity contribution in [3.8, 4) is 5.75 Å². The van der Waals surface area contributed by atoms with Crippen molar-refractivity contribution in [3.63, 3.8) is 0 Å². The number of aliphatic hydroxyl groups excluding tert-OH is 1. The van der Waals surface area contributed by atoms with Crippen LogP contribution in [0.4, 0.5) is 0 Å². The molecule has 0 aliphatic carbocycles. The summed E-state index contributed by atoms with van der Waals surface area (Å²) in [6.07, 6.45) is 1.47. The zero-order chi connectivity index (χ0) is 15.1. The number of aliphatic hydroxyl groups is 1. The van der Waals surface area contributed by atoms with Gasteiger partial charge < -0.3 is 20.1 Å². The maximum atomic E-state index is 9.64. The molecule has 1 aliphatic rings. The Balaban J connectivity index is 0.00000242. The highest BCUT2D eigenvalue weighted by atomic mass is 127. The van der Waals surface area contributed by atoms with Gasteiger partial charge in [0.2, 0.25) is 0 Å². The van der Waals surface area contributed by atoms with Gasteiger partial charge in [0.05, 0.1) is 13.2 Å². The molecular weight excluding hydrogens is 393 g/mol. The van der Waals surface area contributed by atoms with Crippen LogP contribution in [-0.4, -0.2) is 55.4 Å². The first-order valence-electron chi connectivity index (χ1n) is 7.57. The first kappa shape index (κ1) is 19.0. The largest absolute Gasteiger partial charge is 0.497 e. The third-order valence-corrected chi connectivity index (χ3v) is 3.59. The van der Waals surface area contributed by atoms with Crippen molar-refractivity contribution < 1.29 is 9.84 Å². The molecule has 0 unspecified atom stereocenters. The molecule has 0 aromatic heterocycles. The zero-order valence-corrected chi connectivity index (χ0v) is 15.6. The lowest BCUT2D eigenvalue weighted by Gasteiger charge is -2.20. The molecule has 0 bridgehead atoms. The number of halogens is 1. The number of methoxy groups -OCH3 is 1. The van der Waals surface area contributed by atoms with Crippen LogP contribution in [0.15, 0.2) is 29.3 Å². The summed E-state index contributed by atoms with van der Waals surface area (Å²) in [5, 5.41) is 12.9. The van der Waals surface area contributed by atoms with E-state index in [4.69, 9.17) is 4.74 Å². The number of guanidine groups is 1. The third kappa shape index (κ3) is 5.64. The number of benzene rings is 1. The van der Waals surface area contributed by atoms with E-state index >= 15 is 0 Å². The predicted molar refractivity (Wildman–Crippen MR) is 100 cm³/mol. The molecule has 124 valence electrons. The van der Waals surface area contributed by atoms with E-state index in [1.54, 1.807) is 7.11 Å². The van der Waals surface area contributed by atoms with Crippen LogP contribution >= 0.6 is 24.0 Å². The number of likely N-dealkylation sites (tertiary alicyclic amines) is 1. The quantitative estimate of drug-likeness (QED) is 0.435. The molecule has 1 saturated heterocycles. The number of β-amino-alcohol motifs (C(OH)–C–C–N with tert-alkyl or cyclic N) is 1. The minimum atomic E-state index is -0.229. The van der Waals surface area contributed by atoms with Crippen LogP contribution in [0.1, 0.15) is 18.9 Å². The van der Waals surface area contributed by atoms with Gasteiger partial charge in [0.1, 0.15) is 5.75 Å². The molecule has 0 amide bonds. The SMILES string of the molecule is CCNC(=NCCc1cccc(OC)c1)N1CC[C@@H](O)C1.I. The molecule has 0 saturated carbocycles. The van der Waals surface area contributed by atoms with E-state index in [9.17, 15) is 5.11 Å². The third-order valence-electron chi connectivity index (χ3n) is 3.59. The molecule has 6 heteroatoms. The maximum Gasteiger partial charge on any atom is 0.194 e. The van der Waals surface area contributed by atoms with Crippen LogP contribution in [0.3, 0.4) is 0 Å². The van der Waals surface area contributed by atoms with Crippen molar-refractivity contribution in [2.45, 2.75) is 25.9 Å². The van der Waals surface area contributed by atoms with E-state index in [-0.39, 0.29) is 30.1 Å². The van der Waals surface area contributed by atoms with Crippen LogP contribution in [0, 0.1) is 0 Å². The number of nitrogens with one attached hydrogen (secondary N) is 1. The summed E-state index contributed by atoms with van der Waals surface area (Å²) in [7, 11) is 1.68. The molecule has 1 fully saturated rings. The zero-order valence-electron chi connectivity index (χ0n) is 13.3. The predicted octanol–water partition coefficient (Wildman–Crippen LogP) is 1.89. The second-order valence-electron chi connectivity index (χ2n) is 5.23. The second-order valence-corrected chi connectivity index (χ2v) is 5.23. The Labute approximate surface area is 149 Å². The van der Waals surface area contributed by atoms with Crippen molar-refractivity contribution in [2.24, 2.45) is 4.99 Å². The molecule has 1 heterocycles. The van der Waals surface area contributed by atoms with Gasteiger partial charge in [-0.25, -0.2) is 0 Å². The Hall–Kier alpha value is -1.02. The highest BCUT2D eigenvalue weighted by molar-refractivity contribution is 14.0. The van der Waals surface area contributed by atoms with Crippen molar-refractivity contribution in [1.29, 1.82) is 0 Å². The smallest absolute Gasteiger partial charge is 0.194 e. The minimum Gasteiger partial charge on any atom is -0.497 e. The van der Waals surface area contributed by atoms with E-state index < -0.39 is 0 Å². The lowest BCUT2D eigenvalue weighted by atomic mass is 10.1. The van der Waals surface area contributed by atoms with E-state index in [0.29, 0.717) is 6.54 Å². The average molecular weight is 419 g/mol. The summed E-state index contributed by atoms with van der Waals surface area (Å²) in [4.78, 5) is 6.78. The lowest BCUT2D eigenvalue weighted by Crippen LogP contribution is -2.40. The Morgan fingerprint density at radius 3 is 2.95 bits per heavy atom. The van der Waals surface area contributed by atoms with Crippen LogP contribution in [0.25, 0.3) is 0 Å². The number of ether oxygens (including phenoxy) is 1. The van der Waals surface area contributed by atoms with Gasteiger partial charge in [-0.2, -0.15) is 0 Å². The average Bonchev–Trinajstić information content (AvgIpc) is 2.93. The molecule has 2 N–H and O–H groups in total. The van der Waals surface area contributed by atoms with E-state index in [0.717, 1.165) is 44.2 Å². The highest BCUT2D eigenvalue weighted by Gasteiger charge is 2.22. The Morgan fingerprint density at radius 1 is 1.50 bits per heavy atom. The molecule has 1 atom stereocenters. The topological polar surface area (TPSA) is 57.1 Å². The molecule has 0 radical (unpaired) electrons. The van der Waals surface area contributed by atoms with Crippen molar-refractivity contribution in [2.75, 3.05) is 33.3 Å². The minimum absolute atomic E-state index is 0. The fourth-order valence-corrected chi connectivity index (χ4v) is 2.48. The van der Waals surface area contributed by atoms with Crippen LogP contribution < -0.4 is 10.1 Å². The summed E-state index contributed by atoms with van der Waals surface area (Å²) in [6, 6.07) is 8.08.